The van der Waals surface area contributed by atoms with Crippen LogP contribution in [0.25, 0.3) is 32.6 Å². The van der Waals surface area contributed by atoms with Gasteiger partial charge in [0.25, 0.3) is 0 Å². The van der Waals surface area contributed by atoms with Gasteiger partial charge in [0.2, 0.25) is 5.95 Å². The Labute approximate surface area is 132 Å². The van der Waals surface area contributed by atoms with Crippen LogP contribution in [0.15, 0.2) is 48.7 Å². The lowest BCUT2D eigenvalue weighted by molar-refractivity contribution is 0.836. The number of fused-ring (bicyclic) bond motifs is 3. The Morgan fingerprint density at radius 3 is 2.65 bits per heavy atom. The van der Waals surface area contributed by atoms with Crippen LogP contribution >= 0.6 is 0 Å². The number of hydrogen-bond acceptors (Lipinski definition) is 2. The van der Waals surface area contributed by atoms with E-state index in [1.165, 1.54) is 0 Å². The molecule has 0 aliphatic heterocycles. The third-order valence-corrected chi connectivity index (χ3v) is 4.06. The largest absolute Gasteiger partial charge is 0.304 e. The first kappa shape index (κ1) is 13.1. The molecule has 0 N–H and O–H groups in total. The number of nitriles is 1. The van der Waals surface area contributed by atoms with Gasteiger partial charge < -0.3 is 4.57 Å². The van der Waals surface area contributed by atoms with E-state index < -0.39 is 0 Å². The highest BCUT2D eigenvalue weighted by molar-refractivity contribution is 6.10. The van der Waals surface area contributed by atoms with Gasteiger partial charge in [-0.1, -0.05) is 24.3 Å². The van der Waals surface area contributed by atoms with Gasteiger partial charge in [-0.3, -0.25) is 4.57 Å². The standard InChI is InChI=1S/C18H11N5/c1-20-12-7-8-17-15(9-12)14-5-3-4-6-16(14)23(17)18-21-11-13(10-19)22(18)2/h3-9,11H,2H3. The third kappa shape index (κ3) is 1.74. The topological polar surface area (TPSA) is 50.9 Å². The molecule has 0 saturated carbocycles. The lowest BCUT2D eigenvalue weighted by Gasteiger charge is -2.07. The van der Waals surface area contributed by atoms with Crippen LogP contribution in [0.3, 0.4) is 0 Å². The monoisotopic (exact) mass is 297 g/mol. The van der Waals surface area contributed by atoms with Gasteiger partial charge in [0, 0.05) is 12.4 Å². The summed E-state index contributed by atoms with van der Waals surface area (Å²) in [5.41, 5.74) is 3.08. The van der Waals surface area contributed by atoms with Crippen molar-refractivity contribution >= 4 is 27.5 Å². The van der Waals surface area contributed by atoms with Gasteiger partial charge in [0.15, 0.2) is 5.69 Å². The van der Waals surface area contributed by atoms with Crippen molar-refractivity contribution in [3.63, 3.8) is 0 Å². The number of aromatic nitrogens is 3. The molecule has 0 bridgehead atoms. The quantitative estimate of drug-likeness (QED) is 0.500. The fourth-order valence-corrected chi connectivity index (χ4v) is 2.96. The third-order valence-electron chi connectivity index (χ3n) is 4.06. The molecule has 0 saturated heterocycles. The molecule has 4 aromatic rings. The molecule has 2 aromatic heterocycles. The highest BCUT2D eigenvalue weighted by Gasteiger charge is 2.16. The van der Waals surface area contributed by atoms with E-state index in [1.54, 1.807) is 16.8 Å². The number of para-hydroxylation sites is 1. The summed E-state index contributed by atoms with van der Waals surface area (Å²) in [6, 6.07) is 15.8. The summed E-state index contributed by atoms with van der Waals surface area (Å²) in [6.07, 6.45) is 1.57. The normalized spacial score (nSPS) is 10.7. The van der Waals surface area contributed by atoms with Gasteiger partial charge >= 0.3 is 0 Å². The molecule has 0 aliphatic rings. The fourth-order valence-electron chi connectivity index (χ4n) is 2.96. The predicted molar refractivity (Wildman–Crippen MR) is 88.5 cm³/mol. The van der Waals surface area contributed by atoms with Crippen LogP contribution in [0.4, 0.5) is 5.69 Å². The molecule has 0 amide bonds. The van der Waals surface area contributed by atoms with Crippen molar-refractivity contribution in [1.29, 1.82) is 5.26 Å². The van der Waals surface area contributed by atoms with E-state index >= 15 is 0 Å². The maximum absolute atomic E-state index is 9.17. The molecular weight excluding hydrogens is 286 g/mol. The van der Waals surface area contributed by atoms with E-state index in [4.69, 9.17) is 6.57 Å². The van der Waals surface area contributed by atoms with Crippen LogP contribution in [-0.4, -0.2) is 14.1 Å². The van der Waals surface area contributed by atoms with E-state index in [1.807, 2.05) is 48.0 Å². The molecule has 5 nitrogen and oxygen atoms in total. The predicted octanol–water partition coefficient (Wildman–Crippen LogP) is 3.94. The van der Waals surface area contributed by atoms with E-state index in [9.17, 15) is 5.26 Å². The zero-order chi connectivity index (χ0) is 16.0. The molecule has 0 spiro atoms. The van der Waals surface area contributed by atoms with Crippen LogP contribution in [0.1, 0.15) is 5.69 Å². The summed E-state index contributed by atoms with van der Waals surface area (Å²) in [5.74, 6) is 0.684. The summed E-state index contributed by atoms with van der Waals surface area (Å²) in [4.78, 5) is 7.94. The number of hydrogen-bond donors (Lipinski definition) is 0. The van der Waals surface area contributed by atoms with Gasteiger partial charge in [0.05, 0.1) is 23.8 Å². The van der Waals surface area contributed by atoms with Crippen molar-refractivity contribution in [1.82, 2.24) is 14.1 Å². The van der Waals surface area contributed by atoms with E-state index in [0.29, 0.717) is 17.3 Å². The Bertz CT molecular complexity index is 1150. The van der Waals surface area contributed by atoms with Crippen molar-refractivity contribution < 1.29 is 0 Å². The maximum atomic E-state index is 9.17. The highest BCUT2D eigenvalue weighted by atomic mass is 15.2. The number of benzene rings is 2. The molecule has 0 aliphatic carbocycles. The zero-order valence-electron chi connectivity index (χ0n) is 12.4. The Balaban J connectivity index is 2.19. The molecule has 0 atom stereocenters. The van der Waals surface area contributed by atoms with Crippen molar-refractivity contribution in [2.75, 3.05) is 0 Å². The lowest BCUT2D eigenvalue weighted by atomic mass is 10.1. The average Bonchev–Trinajstić information content (AvgIpc) is 3.11. The summed E-state index contributed by atoms with van der Waals surface area (Å²) in [7, 11) is 1.83. The summed E-state index contributed by atoms with van der Waals surface area (Å²) < 4.78 is 3.80. The van der Waals surface area contributed by atoms with Crippen LogP contribution < -0.4 is 0 Å². The summed E-state index contributed by atoms with van der Waals surface area (Å²) in [5, 5.41) is 11.2. The SMILES string of the molecule is [C-]#[N+]c1ccc2c(c1)c1ccccc1n2-c1ncc(C#N)n1C. The van der Waals surface area contributed by atoms with Crippen LogP contribution in [0, 0.1) is 17.9 Å². The van der Waals surface area contributed by atoms with Crippen molar-refractivity contribution in [3.8, 4) is 12.0 Å². The number of imidazole rings is 1. The first-order valence-electron chi connectivity index (χ1n) is 7.07. The number of nitrogens with zero attached hydrogens (tertiary/aromatic N) is 5. The second-order valence-electron chi connectivity index (χ2n) is 5.28. The average molecular weight is 297 g/mol. The fraction of sp³-hybridized carbons (Fsp3) is 0.0556. The molecule has 0 unspecified atom stereocenters. The first-order chi connectivity index (χ1) is 11.2. The number of rotatable bonds is 1. The molecule has 2 heterocycles. The van der Waals surface area contributed by atoms with Gasteiger partial charge in [-0.25, -0.2) is 9.83 Å². The Kier molecular flexibility index (Phi) is 2.69. The van der Waals surface area contributed by atoms with Crippen LogP contribution in [0.5, 0.6) is 0 Å². The van der Waals surface area contributed by atoms with Gasteiger partial charge in [-0.15, -0.1) is 0 Å². The van der Waals surface area contributed by atoms with Crippen molar-refractivity contribution in [3.05, 3.63) is 65.8 Å². The molecular formula is C18H11N5. The molecule has 5 heteroatoms. The maximum Gasteiger partial charge on any atom is 0.215 e. The van der Waals surface area contributed by atoms with Crippen LogP contribution in [0.2, 0.25) is 0 Å². The minimum atomic E-state index is 0.503. The molecule has 0 radical (unpaired) electrons. The van der Waals surface area contributed by atoms with E-state index in [2.05, 4.69) is 15.9 Å². The molecule has 2 aromatic carbocycles. The lowest BCUT2D eigenvalue weighted by Crippen LogP contribution is -2.04. The van der Waals surface area contributed by atoms with Crippen molar-refractivity contribution in [2.24, 2.45) is 7.05 Å². The van der Waals surface area contributed by atoms with Gasteiger partial charge in [0.1, 0.15) is 11.8 Å². The Hall–Kier alpha value is -3.57. The van der Waals surface area contributed by atoms with Crippen molar-refractivity contribution in [2.45, 2.75) is 0 Å². The highest BCUT2D eigenvalue weighted by Crippen LogP contribution is 2.33. The smallest absolute Gasteiger partial charge is 0.215 e. The Morgan fingerprint density at radius 1 is 1.13 bits per heavy atom. The summed E-state index contributed by atoms with van der Waals surface area (Å²) >= 11 is 0. The van der Waals surface area contributed by atoms with E-state index in [-0.39, 0.29) is 0 Å². The van der Waals surface area contributed by atoms with Gasteiger partial charge in [-0.05, 0) is 23.6 Å². The minimum absolute atomic E-state index is 0.503. The first-order valence-corrected chi connectivity index (χ1v) is 7.07. The second kappa shape index (κ2) is 4.72. The molecule has 108 valence electrons. The van der Waals surface area contributed by atoms with Crippen LogP contribution in [-0.2, 0) is 7.05 Å². The Morgan fingerprint density at radius 2 is 1.91 bits per heavy atom. The second-order valence-corrected chi connectivity index (χ2v) is 5.28. The molecule has 0 fully saturated rings. The van der Waals surface area contributed by atoms with Gasteiger partial charge in [-0.2, -0.15) is 5.26 Å². The summed E-state index contributed by atoms with van der Waals surface area (Å²) in [6.45, 7) is 7.23. The molecule has 23 heavy (non-hydrogen) atoms. The molecule has 4 rings (SSSR count). The minimum Gasteiger partial charge on any atom is -0.304 e. The van der Waals surface area contributed by atoms with E-state index in [0.717, 1.165) is 21.8 Å². The zero-order valence-corrected chi connectivity index (χ0v) is 12.4.